The first-order valence-electron chi connectivity index (χ1n) is 8.94. The number of amides is 1. The monoisotopic (exact) mass is 426 g/mol. The van der Waals surface area contributed by atoms with Gasteiger partial charge in [-0.2, -0.15) is 4.31 Å². The number of hydrogen-bond donors (Lipinski definition) is 1. The van der Waals surface area contributed by atoms with Gasteiger partial charge in [0.1, 0.15) is 5.82 Å². The summed E-state index contributed by atoms with van der Waals surface area (Å²) in [6.07, 6.45) is 0.704. The average molecular weight is 427 g/mol. The average Bonchev–Trinajstić information content (AvgIpc) is 2.64. The van der Waals surface area contributed by atoms with E-state index in [2.05, 4.69) is 5.32 Å². The van der Waals surface area contributed by atoms with Crippen LogP contribution in [0.3, 0.4) is 0 Å². The van der Waals surface area contributed by atoms with Crippen LogP contribution >= 0.6 is 11.6 Å². The minimum atomic E-state index is -4.04. The van der Waals surface area contributed by atoms with Crippen LogP contribution in [-0.2, 0) is 21.4 Å². The zero-order valence-electron chi connectivity index (χ0n) is 16.1. The third kappa shape index (κ3) is 5.53. The third-order valence-corrected chi connectivity index (χ3v) is 6.55. The summed E-state index contributed by atoms with van der Waals surface area (Å²) in [6, 6.07) is 10.3. The van der Waals surface area contributed by atoms with Gasteiger partial charge in [-0.3, -0.25) is 4.79 Å². The van der Waals surface area contributed by atoms with Crippen LogP contribution in [0.1, 0.15) is 31.4 Å². The van der Waals surface area contributed by atoms with E-state index in [1.165, 1.54) is 30.3 Å². The summed E-state index contributed by atoms with van der Waals surface area (Å²) in [6.45, 7) is 4.78. The van der Waals surface area contributed by atoms with Crippen molar-refractivity contribution in [3.05, 3.63) is 64.4 Å². The highest BCUT2D eigenvalue weighted by Gasteiger charge is 2.28. The van der Waals surface area contributed by atoms with Crippen molar-refractivity contribution >= 4 is 27.5 Å². The molecule has 0 unspecified atom stereocenters. The molecule has 0 heterocycles. The number of carbonyl (C=O) groups is 1. The largest absolute Gasteiger partial charge is 0.353 e. The van der Waals surface area contributed by atoms with Crippen molar-refractivity contribution in [2.45, 2.75) is 44.7 Å². The van der Waals surface area contributed by atoms with Crippen LogP contribution in [0.2, 0.25) is 5.02 Å². The predicted octanol–water partition coefficient (Wildman–Crippen LogP) is 3.89. The van der Waals surface area contributed by atoms with Gasteiger partial charge in [0.25, 0.3) is 0 Å². The van der Waals surface area contributed by atoms with Crippen LogP contribution in [-0.4, -0.2) is 31.2 Å². The van der Waals surface area contributed by atoms with Crippen molar-refractivity contribution in [1.82, 2.24) is 9.62 Å². The molecule has 1 N–H and O–H groups in total. The van der Waals surface area contributed by atoms with E-state index in [0.717, 1.165) is 9.87 Å². The molecule has 2 aromatic rings. The normalized spacial score (nSPS) is 12.8. The molecule has 0 aliphatic heterocycles. The van der Waals surface area contributed by atoms with E-state index in [4.69, 9.17) is 11.6 Å². The van der Waals surface area contributed by atoms with Crippen LogP contribution in [0.5, 0.6) is 0 Å². The molecule has 2 aromatic carbocycles. The molecule has 5 nitrogen and oxygen atoms in total. The lowest BCUT2D eigenvalue weighted by molar-refractivity contribution is -0.122. The quantitative estimate of drug-likeness (QED) is 0.696. The molecular weight excluding hydrogens is 403 g/mol. The van der Waals surface area contributed by atoms with Crippen molar-refractivity contribution in [2.24, 2.45) is 0 Å². The summed E-state index contributed by atoms with van der Waals surface area (Å²) in [5.74, 6) is -1.09. The summed E-state index contributed by atoms with van der Waals surface area (Å²) in [5, 5.41) is 2.84. The minimum absolute atomic E-state index is 0.0243. The molecule has 28 heavy (non-hydrogen) atoms. The molecule has 0 radical (unpaired) electrons. The first kappa shape index (κ1) is 22.3. The summed E-state index contributed by atoms with van der Waals surface area (Å²) < 4.78 is 41.5. The molecule has 0 bridgehead atoms. The summed E-state index contributed by atoms with van der Waals surface area (Å²) in [4.78, 5) is 12.4. The predicted molar refractivity (Wildman–Crippen MR) is 108 cm³/mol. The second-order valence-electron chi connectivity index (χ2n) is 6.66. The number of carbonyl (C=O) groups excluding carboxylic acids is 1. The van der Waals surface area contributed by atoms with Crippen molar-refractivity contribution in [3.8, 4) is 0 Å². The van der Waals surface area contributed by atoms with Crippen LogP contribution in [0.15, 0.2) is 47.4 Å². The second kappa shape index (κ2) is 9.49. The van der Waals surface area contributed by atoms with E-state index in [-0.39, 0.29) is 28.1 Å². The maximum absolute atomic E-state index is 14.2. The first-order valence-corrected chi connectivity index (χ1v) is 10.8. The molecule has 0 saturated heterocycles. The Balaban J connectivity index is 2.40. The number of aryl methyl sites for hydroxylation is 1. The van der Waals surface area contributed by atoms with E-state index in [1.807, 2.05) is 20.8 Å². The molecule has 0 fully saturated rings. The lowest BCUT2D eigenvalue weighted by Gasteiger charge is -2.23. The number of hydrogen-bond acceptors (Lipinski definition) is 3. The van der Waals surface area contributed by atoms with Crippen LogP contribution in [0.4, 0.5) is 4.39 Å². The maximum Gasteiger partial charge on any atom is 0.243 e. The van der Waals surface area contributed by atoms with E-state index in [0.29, 0.717) is 6.42 Å². The molecule has 0 saturated carbocycles. The Morgan fingerprint density at radius 2 is 1.86 bits per heavy atom. The van der Waals surface area contributed by atoms with Gasteiger partial charge in [0.05, 0.1) is 11.4 Å². The van der Waals surface area contributed by atoms with Crippen molar-refractivity contribution in [2.75, 3.05) is 6.54 Å². The van der Waals surface area contributed by atoms with Crippen LogP contribution < -0.4 is 5.32 Å². The number of rotatable bonds is 8. The highest BCUT2D eigenvalue weighted by Crippen LogP contribution is 2.24. The van der Waals surface area contributed by atoms with E-state index >= 15 is 0 Å². The van der Waals surface area contributed by atoms with Gasteiger partial charge < -0.3 is 5.32 Å². The Kier molecular flexibility index (Phi) is 7.57. The van der Waals surface area contributed by atoms with Gasteiger partial charge in [-0.1, -0.05) is 42.3 Å². The Morgan fingerprint density at radius 3 is 2.43 bits per heavy atom. The Morgan fingerprint density at radius 1 is 1.21 bits per heavy atom. The smallest absolute Gasteiger partial charge is 0.243 e. The Labute approximate surface area is 170 Å². The molecule has 0 aromatic heterocycles. The second-order valence-corrected chi connectivity index (χ2v) is 9.01. The van der Waals surface area contributed by atoms with Gasteiger partial charge >= 0.3 is 0 Å². The van der Waals surface area contributed by atoms with Crippen LogP contribution in [0.25, 0.3) is 0 Å². The number of benzene rings is 2. The minimum Gasteiger partial charge on any atom is -0.353 e. The lowest BCUT2D eigenvalue weighted by atomic mass is 10.2. The fourth-order valence-corrected chi connectivity index (χ4v) is 4.11. The number of nitrogens with zero attached hydrogens (tertiary/aromatic N) is 1. The number of sulfonamides is 1. The third-order valence-electron chi connectivity index (χ3n) is 4.39. The van der Waals surface area contributed by atoms with Crippen molar-refractivity contribution in [3.63, 3.8) is 0 Å². The van der Waals surface area contributed by atoms with Gasteiger partial charge in [0.2, 0.25) is 15.9 Å². The van der Waals surface area contributed by atoms with Crippen molar-refractivity contribution in [1.29, 1.82) is 0 Å². The molecule has 0 spiro atoms. The fourth-order valence-electron chi connectivity index (χ4n) is 2.53. The van der Waals surface area contributed by atoms with Gasteiger partial charge in [-0.25, -0.2) is 12.8 Å². The summed E-state index contributed by atoms with van der Waals surface area (Å²) in [5.41, 5.74) is 0.924. The van der Waals surface area contributed by atoms with Crippen molar-refractivity contribution < 1.29 is 17.6 Å². The molecule has 2 rings (SSSR count). The Bertz CT molecular complexity index is 913. The SMILES string of the molecule is CC[C@@H](C)NC(=O)CN(Cc1c(F)cccc1Cl)S(=O)(=O)c1ccc(C)cc1. The van der Waals surface area contributed by atoms with Gasteiger partial charge in [-0.05, 0) is 44.5 Å². The highest BCUT2D eigenvalue weighted by atomic mass is 35.5. The topological polar surface area (TPSA) is 66.5 Å². The van der Waals surface area contributed by atoms with E-state index in [1.54, 1.807) is 12.1 Å². The number of halogens is 2. The molecular formula is C20H24ClFN2O3S. The van der Waals surface area contributed by atoms with E-state index in [9.17, 15) is 17.6 Å². The zero-order valence-corrected chi connectivity index (χ0v) is 17.6. The molecule has 0 aliphatic carbocycles. The standard InChI is InChI=1S/C20H24ClFN2O3S/c1-4-15(3)23-20(25)13-24(12-17-18(21)6-5-7-19(17)22)28(26,27)16-10-8-14(2)9-11-16/h5-11,15H,4,12-13H2,1-3H3,(H,23,25)/t15-/m1/s1. The van der Waals surface area contributed by atoms with Crippen LogP contribution in [0, 0.1) is 12.7 Å². The molecule has 8 heteroatoms. The van der Waals surface area contributed by atoms with Gasteiger partial charge in [0.15, 0.2) is 0 Å². The Hall–Kier alpha value is -1.96. The zero-order chi connectivity index (χ0) is 20.9. The highest BCUT2D eigenvalue weighted by molar-refractivity contribution is 7.89. The van der Waals surface area contributed by atoms with Gasteiger partial charge in [-0.15, -0.1) is 0 Å². The molecule has 1 atom stereocenters. The molecule has 1 amide bonds. The molecule has 152 valence electrons. The lowest BCUT2D eigenvalue weighted by Crippen LogP contribution is -2.43. The van der Waals surface area contributed by atoms with Gasteiger partial charge in [0, 0.05) is 23.2 Å². The summed E-state index contributed by atoms with van der Waals surface area (Å²) >= 11 is 6.07. The first-order chi connectivity index (χ1) is 13.1. The summed E-state index contributed by atoms with van der Waals surface area (Å²) in [7, 11) is -4.04. The maximum atomic E-state index is 14.2. The number of nitrogens with one attached hydrogen (secondary N) is 1. The van der Waals surface area contributed by atoms with E-state index < -0.39 is 28.3 Å². The molecule has 0 aliphatic rings. The fraction of sp³-hybridized carbons (Fsp3) is 0.350.